The highest BCUT2D eigenvalue weighted by Crippen LogP contribution is 2.39. The summed E-state index contributed by atoms with van der Waals surface area (Å²) >= 11 is 0. The van der Waals surface area contributed by atoms with Crippen molar-refractivity contribution in [1.82, 2.24) is 4.57 Å². The Kier molecular flexibility index (Phi) is 1.56. The van der Waals surface area contributed by atoms with Crippen molar-refractivity contribution < 1.29 is 0 Å². The van der Waals surface area contributed by atoms with Crippen LogP contribution in [0.1, 0.15) is 29.9 Å². The van der Waals surface area contributed by atoms with E-state index in [1.165, 1.54) is 18.4 Å². The average Bonchev–Trinajstić information content (AvgIpc) is 2.81. The third kappa shape index (κ3) is 1.17. The minimum Gasteiger partial charge on any atom is -0.318 e. The van der Waals surface area contributed by atoms with Crippen molar-refractivity contribution in [3.8, 4) is 0 Å². The summed E-state index contributed by atoms with van der Waals surface area (Å²) in [4.78, 5) is 11.3. The summed E-state index contributed by atoms with van der Waals surface area (Å²) in [5, 5.41) is 0. The molecule has 1 aromatic heterocycles. The molecule has 1 heterocycles. The first-order chi connectivity index (χ1) is 5.68. The van der Waals surface area contributed by atoms with Crippen molar-refractivity contribution in [2.75, 3.05) is 0 Å². The summed E-state index contributed by atoms with van der Waals surface area (Å²) in [7, 11) is 1.82. The lowest BCUT2D eigenvalue weighted by Gasteiger charge is -2.03. The molecule has 64 valence electrons. The second kappa shape index (κ2) is 2.47. The van der Waals surface area contributed by atoms with Gasteiger partial charge in [-0.3, -0.25) is 4.79 Å². The molecule has 2 nitrogen and oxygen atoms in total. The van der Waals surface area contributed by atoms with E-state index in [1.54, 1.807) is 4.57 Å². The maximum absolute atomic E-state index is 11.3. The lowest BCUT2D eigenvalue weighted by molar-refractivity contribution is 0.828. The van der Waals surface area contributed by atoms with Crippen molar-refractivity contribution in [3.63, 3.8) is 0 Å². The van der Waals surface area contributed by atoms with E-state index in [4.69, 9.17) is 0 Å². The molecule has 0 saturated heterocycles. The predicted octanol–water partition coefficient (Wildman–Crippen LogP) is 1.57. The lowest BCUT2D eigenvalue weighted by atomic mass is 10.1. The second-order valence-electron chi connectivity index (χ2n) is 3.65. The van der Waals surface area contributed by atoms with Gasteiger partial charge in [-0.2, -0.15) is 0 Å². The van der Waals surface area contributed by atoms with Crippen LogP contribution in [0.15, 0.2) is 17.1 Å². The molecule has 0 amide bonds. The molecule has 1 aliphatic carbocycles. The number of rotatable bonds is 1. The first-order valence-corrected chi connectivity index (χ1v) is 4.35. The quantitative estimate of drug-likeness (QED) is 0.616. The van der Waals surface area contributed by atoms with Gasteiger partial charge in [0.25, 0.3) is 5.56 Å². The van der Waals surface area contributed by atoms with Crippen LogP contribution < -0.4 is 5.56 Å². The molecule has 0 radical (unpaired) electrons. The molecule has 1 aliphatic rings. The van der Waals surface area contributed by atoms with Crippen LogP contribution in [0.5, 0.6) is 0 Å². The maximum atomic E-state index is 11.3. The Morgan fingerprint density at radius 2 is 2.17 bits per heavy atom. The van der Waals surface area contributed by atoms with Crippen molar-refractivity contribution in [3.05, 3.63) is 33.7 Å². The van der Waals surface area contributed by atoms with E-state index >= 15 is 0 Å². The molecule has 12 heavy (non-hydrogen) atoms. The Morgan fingerprint density at radius 3 is 2.67 bits per heavy atom. The van der Waals surface area contributed by atoms with E-state index in [0.29, 0.717) is 0 Å². The zero-order valence-electron chi connectivity index (χ0n) is 7.50. The van der Waals surface area contributed by atoms with Crippen LogP contribution >= 0.6 is 0 Å². The lowest BCUT2D eigenvalue weighted by Crippen LogP contribution is -2.18. The van der Waals surface area contributed by atoms with Crippen LogP contribution in [0.25, 0.3) is 0 Å². The number of aromatic nitrogens is 1. The van der Waals surface area contributed by atoms with E-state index in [9.17, 15) is 4.79 Å². The Hall–Kier alpha value is -1.05. The molecular weight excluding hydrogens is 150 g/mol. The largest absolute Gasteiger partial charge is 0.318 e. The standard InChI is InChI=1S/C10H13NO/c1-7-5-9(8-3-4-8)6-11(2)10(7)12/h5-6,8H,3-4H2,1-2H3. The van der Waals surface area contributed by atoms with E-state index < -0.39 is 0 Å². The third-order valence-corrected chi connectivity index (χ3v) is 2.43. The van der Waals surface area contributed by atoms with Crippen molar-refractivity contribution in [2.24, 2.45) is 7.05 Å². The molecule has 2 heteroatoms. The fourth-order valence-corrected chi connectivity index (χ4v) is 1.55. The SMILES string of the molecule is Cc1cc(C2CC2)cn(C)c1=O. The smallest absolute Gasteiger partial charge is 0.253 e. The number of aryl methyl sites for hydroxylation is 2. The average molecular weight is 163 g/mol. The summed E-state index contributed by atoms with van der Waals surface area (Å²) in [6.45, 7) is 1.88. The van der Waals surface area contributed by atoms with E-state index in [-0.39, 0.29) is 5.56 Å². The van der Waals surface area contributed by atoms with Gasteiger partial charge < -0.3 is 4.57 Å². The Balaban J connectivity index is 2.53. The maximum Gasteiger partial charge on any atom is 0.253 e. The minimum absolute atomic E-state index is 0.124. The number of pyridine rings is 1. The minimum atomic E-state index is 0.124. The number of hydrogen-bond donors (Lipinski definition) is 0. The Bertz CT molecular complexity index is 334. The summed E-state index contributed by atoms with van der Waals surface area (Å²) in [5.41, 5.74) is 2.32. The third-order valence-electron chi connectivity index (χ3n) is 2.43. The molecule has 0 spiro atoms. The monoisotopic (exact) mass is 163 g/mol. The van der Waals surface area contributed by atoms with Crippen molar-refractivity contribution in [2.45, 2.75) is 25.7 Å². The molecule has 0 unspecified atom stereocenters. The molecule has 2 rings (SSSR count). The highest BCUT2D eigenvalue weighted by Gasteiger charge is 2.24. The summed E-state index contributed by atoms with van der Waals surface area (Å²) in [5.74, 6) is 0.732. The van der Waals surface area contributed by atoms with Gasteiger partial charge in [0.05, 0.1) is 0 Å². The number of hydrogen-bond acceptors (Lipinski definition) is 1. The van der Waals surface area contributed by atoms with Gasteiger partial charge in [0.1, 0.15) is 0 Å². The molecule has 0 N–H and O–H groups in total. The van der Waals surface area contributed by atoms with E-state index in [0.717, 1.165) is 11.5 Å². The molecule has 1 saturated carbocycles. The Labute approximate surface area is 71.8 Å². The van der Waals surface area contributed by atoms with E-state index in [2.05, 4.69) is 0 Å². The van der Waals surface area contributed by atoms with Crippen molar-refractivity contribution in [1.29, 1.82) is 0 Å². The first-order valence-electron chi connectivity index (χ1n) is 4.35. The topological polar surface area (TPSA) is 22.0 Å². The zero-order chi connectivity index (χ0) is 8.72. The van der Waals surface area contributed by atoms with Crippen LogP contribution in [0.2, 0.25) is 0 Å². The zero-order valence-corrected chi connectivity index (χ0v) is 7.50. The van der Waals surface area contributed by atoms with Gasteiger partial charge in [-0.15, -0.1) is 0 Å². The predicted molar refractivity (Wildman–Crippen MR) is 48.4 cm³/mol. The summed E-state index contributed by atoms with van der Waals surface area (Å²) in [6.07, 6.45) is 4.54. The van der Waals surface area contributed by atoms with Gasteiger partial charge >= 0.3 is 0 Å². The fourth-order valence-electron chi connectivity index (χ4n) is 1.55. The molecule has 1 aromatic rings. The second-order valence-corrected chi connectivity index (χ2v) is 3.65. The molecule has 0 aromatic carbocycles. The molecule has 0 bridgehead atoms. The van der Waals surface area contributed by atoms with Crippen LogP contribution in [-0.4, -0.2) is 4.57 Å². The molecular formula is C10H13NO. The summed E-state index contributed by atoms with van der Waals surface area (Å²) < 4.78 is 1.68. The summed E-state index contributed by atoms with van der Waals surface area (Å²) in [6, 6.07) is 2.03. The number of nitrogens with zero attached hydrogens (tertiary/aromatic N) is 1. The van der Waals surface area contributed by atoms with Gasteiger partial charge in [0.15, 0.2) is 0 Å². The normalized spacial score (nSPS) is 16.5. The van der Waals surface area contributed by atoms with E-state index in [1.807, 2.05) is 26.2 Å². The van der Waals surface area contributed by atoms with Crippen LogP contribution in [0, 0.1) is 6.92 Å². The van der Waals surface area contributed by atoms with Crippen LogP contribution in [0.3, 0.4) is 0 Å². The fraction of sp³-hybridized carbons (Fsp3) is 0.500. The van der Waals surface area contributed by atoms with Gasteiger partial charge in [0, 0.05) is 18.8 Å². The van der Waals surface area contributed by atoms with Gasteiger partial charge in [-0.1, -0.05) is 0 Å². The van der Waals surface area contributed by atoms with Crippen LogP contribution in [-0.2, 0) is 7.05 Å². The molecule has 0 aliphatic heterocycles. The highest BCUT2D eigenvalue weighted by molar-refractivity contribution is 5.24. The molecule has 0 atom stereocenters. The Morgan fingerprint density at radius 1 is 1.50 bits per heavy atom. The highest BCUT2D eigenvalue weighted by atomic mass is 16.1. The van der Waals surface area contributed by atoms with Gasteiger partial charge in [-0.25, -0.2) is 0 Å². The van der Waals surface area contributed by atoms with Gasteiger partial charge in [0.2, 0.25) is 0 Å². The first kappa shape index (κ1) is 7.59. The molecule has 1 fully saturated rings. The van der Waals surface area contributed by atoms with Crippen molar-refractivity contribution >= 4 is 0 Å². The van der Waals surface area contributed by atoms with Gasteiger partial charge in [-0.05, 0) is 37.3 Å². The van der Waals surface area contributed by atoms with Crippen LogP contribution in [0.4, 0.5) is 0 Å².